The average Bonchev–Trinajstić information content (AvgIpc) is 1.99. The van der Waals surface area contributed by atoms with Crippen molar-refractivity contribution >= 4 is 6.09 Å². The Labute approximate surface area is 84.2 Å². The van der Waals surface area contributed by atoms with E-state index in [1.807, 2.05) is 27.7 Å². The SMILES string of the molecule is C[C@@H]1[C@H](CF)CN1C(=O)OC(C)(C)C. The van der Waals surface area contributed by atoms with Crippen LogP contribution in [0.4, 0.5) is 9.18 Å². The second-order valence-electron chi connectivity index (χ2n) is 4.79. The van der Waals surface area contributed by atoms with Gasteiger partial charge in [0.15, 0.2) is 0 Å². The number of rotatable bonds is 1. The number of ether oxygens (including phenoxy) is 1. The van der Waals surface area contributed by atoms with E-state index >= 15 is 0 Å². The lowest BCUT2D eigenvalue weighted by molar-refractivity contribution is -0.0296. The van der Waals surface area contributed by atoms with Crippen molar-refractivity contribution in [1.82, 2.24) is 4.90 Å². The molecule has 0 saturated carbocycles. The van der Waals surface area contributed by atoms with Crippen molar-refractivity contribution in [3.63, 3.8) is 0 Å². The molecule has 14 heavy (non-hydrogen) atoms. The number of carbonyl (C=O) groups is 1. The Bertz CT molecular complexity index is 225. The van der Waals surface area contributed by atoms with Crippen LogP contribution < -0.4 is 0 Å². The molecule has 4 heteroatoms. The maximum Gasteiger partial charge on any atom is 0.410 e. The molecular formula is C10H18FNO2. The average molecular weight is 203 g/mol. The van der Waals surface area contributed by atoms with E-state index in [1.54, 1.807) is 4.90 Å². The van der Waals surface area contributed by atoms with Crippen molar-refractivity contribution in [3.8, 4) is 0 Å². The topological polar surface area (TPSA) is 29.5 Å². The van der Waals surface area contributed by atoms with Crippen molar-refractivity contribution in [3.05, 3.63) is 0 Å². The molecule has 1 aliphatic rings. The predicted molar refractivity (Wildman–Crippen MR) is 51.9 cm³/mol. The summed E-state index contributed by atoms with van der Waals surface area (Å²) in [4.78, 5) is 13.1. The number of hydrogen-bond acceptors (Lipinski definition) is 2. The van der Waals surface area contributed by atoms with Gasteiger partial charge in [0.1, 0.15) is 5.60 Å². The lowest BCUT2D eigenvalue weighted by Gasteiger charge is -2.45. The van der Waals surface area contributed by atoms with Crippen LogP contribution in [0.1, 0.15) is 27.7 Å². The Morgan fingerprint density at radius 1 is 1.57 bits per heavy atom. The monoisotopic (exact) mass is 203 g/mol. The molecule has 1 fully saturated rings. The van der Waals surface area contributed by atoms with Crippen molar-refractivity contribution < 1.29 is 13.9 Å². The van der Waals surface area contributed by atoms with Gasteiger partial charge in [-0.2, -0.15) is 0 Å². The summed E-state index contributed by atoms with van der Waals surface area (Å²) in [6.45, 7) is 7.43. The van der Waals surface area contributed by atoms with E-state index in [1.165, 1.54) is 0 Å². The first kappa shape index (κ1) is 11.3. The fraction of sp³-hybridized carbons (Fsp3) is 0.900. The van der Waals surface area contributed by atoms with E-state index in [9.17, 15) is 9.18 Å². The van der Waals surface area contributed by atoms with Crippen molar-refractivity contribution in [2.75, 3.05) is 13.2 Å². The molecule has 0 aromatic heterocycles. The van der Waals surface area contributed by atoms with Crippen LogP contribution in [0.2, 0.25) is 0 Å². The molecule has 1 rings (SSSR count). The first-order valence-electron chi connectivity index (χ1n) is 4.90. The van der Waals surface area contributed by atoms with Crippen LogP contribution >= 0.6 is 0 Å². The normalized spacial score (nSPS) is 27.1. The van der Waals surface area contributed by atoms with E-state index in [4.69, 9.17) is 4.74 Å². The zero-order valence-electron chi connectivity index (χ0n) is 9.21. The number of nitrogens with zero attached hydrogens (tertiary/aromatic N) is 1. The van der Waals surface area contributed by atoms with E-state index < -0.39 is 5.60 Å². The highest BCUT2D eigenvalue weighted by Gasteiger charge is 2.40. The number of carbonyl (C=O) groups excluding carboxylic acids is 1. The highest BCUT2D eigenvalue weighted by atomic mass is 19.1. The number of amides is 1. The molecule has 0 aliphatic carbocycles. The molecular weight excluding hydrogens is 185 g/mol. The summed E-state index contributed by atoms with van der Waals surface area (Å²) in [7, 11) is 0. The van der Waals surface area contributed by atoms with Crippen LogP contribution in [0.5, 0.6) is 0 Å². The summed E-state index contributed by atoms with van der Waals surface area (Å²) < 4.78 is 17.5. The fourth-order valence-electron chi connectivity index (χ4n) is 1.43. The molecule has 82 valence electrons. The second kappa shape index (κ2) is 3.75. The van der Waals surface area contributed by atoms with Crippen LogP contribution in [-0.2, 0) is 4.74 Å². The third-order valence-corrected chi connectivity index (χ3v) is 2.43. The molecule has 0 unspecified atom stereocenters. The van der Waals surface area contributed by atoms with Crippen LogP contribution in [0.25, 0.3) is 0 Å². The van der Waals surface area contributed by atoms with Crippen molar-refractivity contribution in [1.29, 1.82) is 0 Å². The van der Waals surface area contributed by atoms with Gasteiger partial charge in [0.25, 0.3) is 0 Å². The molecule has 0 bridgehead atoms. The quantitative estimate of drug-likeness (QED) is 0.654. The van der Waals surface area contributed by atoms with Crippen LogP contribution in [0, 0.1) is 5.92 Å². The molecule has 0 radical (unpaired) electrons. The molecule has 0 aromatic rings. The van der Waals surface area contributed by atoms with Gasteiger partial charge in [-0.05, 0) is 27.7 Å². The molecule has 2 atom stereocenters. The van der Waals surface area contributed by atoms with Gasteiger partial charge in [0, 0.05) is 18.5 Å². The Kier molecular flexibility index (Phi) is 3.02. The Morgan fingerprint density at radius 3 is 2.50 bits per heavy atom. The molecule has 0 N–H and O–H groups in total. The van der Waals surface area contributed by atoms with Crippen LogP contribution in [-0.4, -0.2) is 35.9 Å². The van der Waals surface area contributed by atoms with E-state index in [0.29, 0.717) is 6.54 Å². The van der Waals surface area contributed by atoms with Crippen LogP contribution in [0.3, 0.4) is 0 Å². The maximum atomic E-state index is 12.3. The standard InChI is InChI=1S/C10H18FNO2/c1-7-8(5-11)6-12(7)9(13)14-10(2,3)4/h7-8H,5-6H2,1-4H3/t7-,8-/m1/s1. The smallest absolute Gasteiger partial charge is 0.410 e. The molecule has 1 heterocycles. The summed E-state index contributed by atoms with van der Waals surface area (Å²) in [5.41, 5.74) is -0.475. The largest absolute Gasteiger partial charge is 0.444 e. The third-order valence-electron chi connectivity index (χ3n) is 2.43. The van der Waals surface area contributed by atoms with Gasteiger partial charge in [-0.3, -0.25) is 4.39 Å². The highest BCUT2D eigenvalue weighted by Crippen LogP contribution is 2.26. The van der Waals surface area contributed by atoms with Crippen LogP contribution in [0.15, 0.2) is 0 Å². The molecule has 1 saturated heterocycles. The molecule has 1 aliphatic heterocycles. The summed E-state index contributed by atoms with van der Waals surface area (Å²) in [6, 6.07) is -0.0325. The highest BCUT2D eigenvalue weighted by molar-refractivity contribution is 5.69. The first-order chi connectivity index (χ1) is 6.35. The second-order valence-corrected chi connectivity index (χ2v) is 4.79. The summed E-state index contributed by atoms with van der Waals surface area (Å²) >= 11 is 0. The van der Waals surface area contributed by atoms with Gasteiger partial charge in [-0.25, -0.2) is 4.79 Å². The van der Waals surface area contributed by atoms with E-state index in [0.717, 1.165) is 0 Å². The van der Waals surface area contributed by atoms with E-state index in [-0.39, 0.29) is 24.7 Å². The lowest BCUT2D eigenvalue weighted by Crippen LogP contribution is -2.58. The Balaban J connectivity index is 2.42. The Morgan fingerprint density at radius 2 is 2.14 bits per heavy atom. The van der Waals surface area contributed by atoms with Gasteiger partial charge in [-0.1, -0.05) is 0 Å². The number of alkyl halides is 1. The van der Waals surface area contributed by atoms with E-state index in [2.05, 4.69) is 0 Å². The van der Waals surface area contributed by atoms with Gasteiger partial charge in [-0.15, -0.1) is 0 Å². The molecule has 0 aromatic carbocycles. The zero-order valence-corrected chi connectivity index (χ0v) is 9.21. The van der Waals surface area contributed by atoms with Gasteiger partial charge >= 0.3 is 6.09 Å². The minimum Gasteiger partial charge on any atom is -0.444 e. The van der Waals surface area contributed by atoms with Gasteiger partial charge in [0.05, 0.1) is 6.67 Å². The number of halogens is 1. The van der Waals surface area contributed by atoms with Crippen molar-refractivity contribution in [2.45, 2.75) is 39.3 Å². The summed E-state index contributed by atoms with van der Waals surface area (Å²) in [6.07, 6.45) is -0.338. The summed E-state index contributed by atoms with van der Waals surface area (Å²) in [5.74, 6) is -0.0116. The predicted octanol–water partition coefficient (Wildman–Crippen LogP) is 2.21. The minimum absolute atomic E-state index is 0.0116. The molecule has 1 amide bonds. The third kappa shape index (κ3) is 2.36. The lowest BCUT2D eigenvalue weighted by atomic mass is 9.92. The maximum absolute atomic E-state index is 12.3. The molecule has 0 spiro atoms. The summed E-state index contributed by atoms with van der Waals surface area (Å²) in [5, 5.41) is 0. The Hall–Kier alpha value is -0.800. The number of likely N-dealkylation sites (tertiary alicyclic amines) is 1. The first-order valence-corrected chi connectivity index (χ1v) is 4.90. The number of hydrogen-bond donors (Lipinski definition) is 0. The minimum atomic E-state index is -0.475. The van der Waals surface area contributed by atoms with Gasteiger partial charge in [0.2, 0.25) is 0 Å². The van der Waals surface area contributed by atoms with Crippen molar-refractivity contribution in [2.24, 2.45) is 5.92 Å². The fourth-order valence-corrected chi connectivity index (χ4v) is 1.43. The zero-order chi connectivity index (χ0) is 10.9. The molecule has 3 nitrogen and oxygen atoms in total. The van der Waals surface area contributed by atoms with Gasteiger partial charge < -0.3 is 9.64 Å².